The Kier molecular flexibility index (Phi) is 5.75. The van der Waals surface area contributed by atoms with Gasteiger partial charge in [0, 0.05) is 37.2 Å². The molecule has 3 rings (SSSR count). The molecule has 0 unspecified atom stereocenters. The Balaban J connectivity index is 1.67. The van der Waals surface area contributed by atoms with Crippen molar-refractivity contribution in [2.45, 2.75) is 46.1 Å². The minimum absolute atomic E-state index is 0.0591. The molecule has 7 heteroatoms. The Morgan fingerprint density at radius 3 is 2.81 bits per heavy atom. The third-order valence-electron chi connectivity index (χ3n) is 4.33. The van der Waals surface area contributed by atoms with Crippen LogP contribution < -0.4 is 10.2 Å². The predicted octanol–water partition coefficient (Wildman–Crippen LogP) is 2.17. The van der Waals surface area contributed by atoms with E-state index in [1.165, 1.54) is 0 Å². The van der Waals surface area contributed by atoms with Gasteiger partial charge in [-0.15, -0.1) is 0 Å². The molecule has 1 fully saturated rings. The van der Waals surface area contributed by atoms with Gasteiger partial charge >= 0.3 is 0 Å². The molecular formula is C19H26N6O. The summed E-state index contributed by atoms with van der Waals surface area (Å²) >= 11 is 0. The molecule has 1 atom stereocenters. The number of hydrogen-bond donors (Lipinski definition) is 1. The summed E-state index contributed by atoms with van der Waals surface area (Å²) in [6, 6.07) is 3.67. The number of amides is 1. The van der Waals surface area contributed by atoms with Gasteiger partial charge in [-0.2, -0.15) is 0 Å². The van der Waals surface area contributed by atoms with Crippen molar-refractivity contribution in [2.75, 3.05) is 18.0 Å². The molecule has 0 saturated carbocycles. The number of anilines is 1. The van der Waals surface area contributed by atoms with Crippen molar-refractivity contribution in [2.24, 2.45) is 5.92 Å². The third-order valence-corrected chi connectivity index (χ3v) is 4.33. The maximum atomic E-state index is 12.7. The Morgan fingerprint density at radius 2 is 2.08 bits per heavy atom. The largest absolute Gasteiger partial charge is 0.346 e. The molecule has 2 aromatic heterocycles. The van der Waals surface area contributed by atoms with Crippen LogP contribution in [0, 0.1) is 12.8 Å². The number of carbonyl (C=O) groups is 1. The lowest BCUT2D eigenvalue weighted by Gasteiger charge is -2.33. The molecule has 0 radical (unpaired) electrons. The van der Waals surface area contributed by atoms with Crippen LogP contribution in [0.5, 0.6) is 0 Å². The summed E-state index contributed by atoms with van der Waals surface area (Å²) in [7, 11) is 0. The standard InChI is InChI=1S/C19H26N6O/c1-13(2)10-16-11-17(23-14(3)22-16)18(26)24-15-6-4-9-25(12-15)19-20-7-5-8-21-19/h5,7-8,11,13,15H,4,6,9-10,12H2,1-3H3,(H,24,26)/t15-/m1/s1. The van der Waals surface area contributed by atoms with E-state index in [0.717, 1.165) is 31.5 Å². The number of rotatable bonds is 5. The van der Waals surface area contributed by atoms with Crippen molar-refractivity contribution < 1.29 is 4.79 Å². The van der Waals surface area contributed by atoms with Crippen molar-refractivity contribution >= 4 is 11.9 Å². The Bertz CT molecular complexity index is 749. The first-order valence-corrected chi connectivity index (χ1v) is 9.18. The molecule has 2 aromatic rings. The molecule has 138 valence electrons. The van der Waals surface area contributed by atoms with Crippen LogP contribution >= 0.6 is 0 Å². The maximum Gasteiger partial charge on any atom is 0.270 e. The van der Waals surface area contributed by atoms with E-state index in [1.807, 2.05) is 13.0 Å². The fourth-order valence-corrected chi connectivity index (χ4v) is 3.26. The Morgan fingerprint density at radius 1 is 1.31 bits per heavy atom. The lowest BCUT2D eigenvalue weighted by atomic mass is 10.1. The van der Waals surface area contributed by atoms with Gasteiger partial charge in [-0.05, 0) is 44.2 Å². The van der Waals surface area contributed by atoms with Crippen molar-refractivity contribution in [3.8, 4) is 0 Å². The first-order valence-electron chi connectivity index (χ1n) is 9.18. The fraction of sp³-hybridized carbons (Fsp3) is 0.526. The summed E-state index contributed by atoms with van der Waals surface area (Å²) in [5.74, 6) is 1.69. The van der Waals surface area contributed by atoms with Crippen molar-refractivity contribution in [3.05, 3.63) is 41.7 Å². The van der Waals surface area contributed by atoms with E-state index >= 15 is 0 Å². The molecule has 1 N–H and O–H groups in total. The molecule has 1 aliphatic rings. The normalized spacial score (nSPS) is 17.4. The molecule has 26 heavy (non-hydrogen) atoms. The number of hydrogen-bond acceptors (Lipinski definition) is 6. The van der Waals surface area contributed by atoms with E-state index in [2.05, 4.69) is 44.0 Å². The Hall–Kier alpha value is -2.57. The van der Waals surface area contributed by atoms with E-state index in [4.69, 9.17) is 0 Å². The average molecular weight is 354 g/mol. The van der Waals surface area contributed by atoms with Crippen LogP contribution in [0.25, 0.3) is 0 Å². The quantitative estimate of drug-likeness (QED) is 0.886. The van der Waals surface area contributed by atoms with Crippen LogP contribution in [0.1, 0.15) is 48.7 Å². The van der Waals surface area contributed by atoms with E-state index in [0.29, 0.717) is 29.9 Å². The van der Waals surface area contributed by atoms with Gasteiger partial charge in [0.25, 0.3) is 5.91 Å². The second-order valence-electron chi connectivity index (χ2n) is 7.20. The number of carbonyl (C=O) groups excluding carboxylic acids is 1. The fourth-order valence-electron chi connectivity index (χ4n) is 3.26. The smallest absolute Gasteiger partial charge is 0.270 e. The zero-order chi connectivity index (χ0) is 18.5. The van der Waals surface area contributed by atoms with E-state index < -0.39 is 0 Å². The topological polar surface area (TPSA) is 83.9 Å². The zero-order valence-corrected chi connectivity index (χ0v) is 15.6. The van der Waals surface area contributed by atoms with E-state index in [-0.39, 0.29) is 11.9 Å². The molecular weight excluding hydrogens is 328 g/mol. The molecule has 0 aliphatic carbocycles. The first-order chi connectivity index (χ1) is 12.5. The van der Waals surface area contributed by atoms with Crippen LogP contribution in [0.4, 0.5) is 5.95 Å². The van der Waals surface area contributed by atoms with Gasteiger partial charge in [-0.25, -0.2) is 19.9 Å². The highest BCUT2D eigenvalue weighted by atomic mass is 16.2. The highest BCUT2D eigenvalue weighted by molar-refractivity contribution is 5.92. The SMILES string of the molecule is Cc1nc(CC(C)C)cc(C(=O)N[C@@H]2CCCN(c3ncccn3)C2)n1. The highest BCUT2D eigenvalue weighted by Gasteiger charge is 2.24. The number of nitrogens with one attached hydrogen (secondary N) is 1. The van der Waals surface area contributed by atoms with E-state index in [1.54, 1.807) is 18.5 Å². The monoisotopic (exact) mass is 354 g/mol. The highest BCUT2D eigenvalue weighted by Crippen LogP contribution is 2.16. The minimum atomic E-state index is -0.138. The third kappa shape index (κ3) is 4.74. The van der Waals surface area contributed by atoms with Crippen molar-refractivity contribution in [3.63, 3.8) is 0 Å². The second kappa shape index (κ2) is 8.21. The molecule has 0 spiro atoms. The van der Waals surface area contributed by atoms with Crippen LogP contribution in [0.15, 0.2) is 24.5 Å². The molecule has 1 aliphatic heterocycles. The summed E-state index contributed by atoms with van der Waals surface area (Å²) in [6.07, 6.45) is 6.25. The lowest BCUT2D eigenvalue weighted by molar-refractivity contribution is 0.0927. The number of aryl methyl sites for hydroxylation is 1. The first kappa shape index (κ1) is 18.2. The van der Waals surface area contributed by atoms with Gasteiger partial charge in [0.15, 0.2) is 0 Å². The molecule has 3 heterocycles. The summed E-state index contributed by atoms with van der Waals surface area (Å²) in [5.41, 5.74) is 1.36. The van der Waals surface area contributed by atoms with Gasteiger partial charge in [-0.3, -0.25) is 4.79 Å². The lowest BCUT2D eigenvalue weighted by Crippen LogP contribution is -2.48. The van der Waals surface area contributed by atoms with Crippen LogP contribution in [-0.4, -0.2) is 45.0 Å². The van der Waals surface area contributed by atoms with Crippen LogP contribution in [0.2, 0.25) is 0 Å². The number of nitrogens with zero attached hydrogens (tertiary/aromatic N) is 5. The summed E-state index contributed by atoms with van der Waals surface area (Å²) < 4.78 is 0. The van der Waals surface area contributed by atoms with Crippen LogP contribution in [0.3, 0.4) is 0 Å². The van der Waals surface area contributed by atoms with Crippen molar-refractivity contribution in [1.29, 1.82) is 0 Å². The number of aromatic nitrogens is 4. The van der Waals surface area contributed by atoms with Crippen LogP contribution in [-0.2, 0) is 6.42 Å². The summed E-state index contributed by atoms with van der Waals surface area (Å²) in [6.45, 7) is 7.72. The summed E-state index contributed by atoms with van der Waals surface area (Å²) in [5, 5.41) is 3.12. The molecule has 0 bridgehead atoms. The van der Waals surface area contributed by atoms with Gasteiger partial charge in [0.05, 0.1) is 0 Å². The molecule has 0 aromatic carbocycles. The van der Waals surface area contributed by atoms with Gasteiger partial charge in [-0.1, -0.05) is 13.8 Å². The van der Waals surface area contributed by atoms with Gasteiger partial charge < -0.3 is 10.2 Å². The average Bonchev–Trinajstić information content (AvgIpc) is 2.61. The minimum Gasteiger partial charge on any atom is -0.346 e. The van der Waals surface area contributed by atoms with E-state index in [9.17, 15) is 4.79 Å². The Labute approximate surface area is 154 Å². The molecule has 1 amide bonds. The molecule has 7 nitrogen and oxygen atoms in total. The summed E-state index contributed by atoms with van der Waals surface area (Å²) in [4.78, 5) is 32.2. The predicted molar refractivity (Wildman–Crippen MR) is 100 cm³/mol. The van der Waals surface area contributed by atoms with Gasteiger partial charge in [0.1, 0.15) is 11.5 Å². The van der Waals surface area contributed by atoms with Gasteiger partial charge in [0.2, 0.25) is 5.95 Å². The zero-order valence-electron chi connectivity index (χ0n) is 15.6. The molecule has 1 saturated heterocycles. The second-order valence-corrected chi connectivity index (χ2v) is 7.20. The van der Waals surface area contributed by atoms with Crippen molar-refractivity contribution in [1.82, 2.24) is 25.3 Å². The maximum absolute atomic E-state index is 12.7. The number of piperidine rings is 1.